The third kappa shape index (κ3) is 5.60. The molecule has 0 aliphatic rings. The Morgan fingerprint density at radius 1 is 0.966 bits per heavy atom. The average molecular weight is 418 g/mol. The zero-order chi connectivity index (χ0) is 21.9. The van der Waals surface area contributed by atoms with E-state index in [9.17, 15) is 13.2 Å². The molecule has 0 aliphatic heterocycles. The van der Waals surface area contributed by atoms with Crippen LogP contribution in [0.25, 0.3) is 0 Å². The Bertz CT molecular complexity index is 963. The van der Waals surface area contributed by atoms with Gasteiger partial charge in [0.1, 0.15) is 5.75 Å². The molecule has 0 heterocycles. The minimum absolute atomic E-state index is 0.110. The second-order valence-corrected chi connectivity index (χ2v) is 10.0. The number of carbonyl (C=O) groups excluding carboxylic acids is 1. The van der Waals surface area contributed by atoms with Crippen LogP contribution < -0.4 is 9.64 Å². The SMILES string of the molecule is Cc1ccc(C(C)C)cc1OC(C)C(=O)N(c1ccc(S(C)(=O)=O)cc1)C(C)C. The van der Waals surface area contributed by atoms with Gasteiger partial charge in [-0.2, -0.15) is 0 Å². The summed E-state index contributed by atoms with van der Waals surface area (Å²) in [6, 6.07) is 12.3. The second kappa shape index (κ2) is 8.99. The molecule has 0 radical (unpaired) electrons. The maximum Gasteiger partial charge on any atom is 0.267 e. The van der Waals surface area contributed by atoms with E-state index in [1.165, 1.54) is 12.1 Å². The van der Waals surface area contributed by atoms with Gasteiger partial charge in [0.25, 0.3) is 5.91 Å². The van der Waals surface area contributed by atoms with Crippen LogP contribution in [0.5, 0.6) is 5.75 Å². The molecule has 2 rings (SSSR count). The van der Waals surface area contributed by atoms with Gasteiger partial charge in [-0.25, -0.2) is 8.42 Å². The molecule has 1 unspecified atom stereocenters. The van der Waals surface area contributed by atoms with Crippen molar-refractivity contribution in [3.8, 4) is 5.75 Å². The van der Waals surface area contributed by atoms with Crippen molar-refractivity contribution in [3.63, 3.8) is 0 Å². The summed E-state index contributed by atoms with van der Waals surface area (Å²) in [6.45, 7) is 11.8. The van der Waals surface area contributed by atoms with Crippen LogP contribution >= 0.6 is 0 Å². The first kappa shape index (κ1) is 22.9. The molecule has 29 heavy (non-hydrogen) atoms. The largest absolute Gasteiger partial charge is 0.481 e. The highest BCUT2D eigenvalue weighted by atomic mass is 32.2. The summed E-state index contributed by atoms with van der Waals surface area (Å²) in [7, 11) is -3.29. The van der Waals surface area contributed by atoms with Crippen molar-refractivity contribution in [2.45, 2.75) is 64.5 Å². The summed E-state index contributed by atoms with van der Waals surface area (Å²) in [6.07, 6.45) is 0.477. The van der Waals surface area contributed by atoms with Gasteiger partial charge in [0.2, 0.25) is 0 Å². The van der Waals surface area contributed by atoms with Crippen LogP contribution in [-0.2, 0) is 14.6 Å². The molecule has 1 amide bonds. The molecular weight excluding hydrogens is 386 g/mol. The number of carbonyl (C=O) groups is 1. The Morgan fingerprint density at radius 2 is 1.55 bits per heavy atom. The van der Waals surface area contributed by atoms with Crippen LogP contribution in [0.3, 0.4) is 0 Å². The zero-order valence-electron chi connectivity index (χ0n) is 18.3. The molecule has 0 bridgehead atoms. The van der Waals surface area contributed by atoms with E-state index >= 15 is 0 Å². The van der Waals surface area contributed by atoms with Gasteiger partial charge in [-0.05, 0) is 75.1 Å². The number of anilines is 1. The van der Waals surface area contributed by atoms with E-state index < -0.39 is 15.9 Å². The molecule has 0 N–H and O–H groups in total. The van der Waals surface area contributed by atoms with Crippen LogP contribution in [0.2, 0.25) is 0 Å². The van der Waals surface area contributed by atoms with Gasteiger partial charge in [0.15, 0.2) is 15.9 Å². The Balaban J connectivity index is 2.28. The lowest BCUT2D eigenvalue weighted by molar-refractivity contribution is -0.125. The molecule has 2 aromatic carbocycles. The molecule has 0 aliphatic carbocycles. The van der Waals surface area contributed by atoms with Gasteiger partial charge in [0.05, 0.1) is 4.90 Å². The van der Waals surface area contributed by atoms with E-state index in [0.29, 0.717) is 17.4 Å². The highest BCUT2D eigenvalue weighted by molar-refractivity contribution is 7.90. The smallest absolute Gasteiger partial charge is 0.267 e. The van der Waals surface area contributed by atoms with Crippen LogP contribution in [0.15, 0.2) is 47.4 Å². The highest BCUT2D eigenvalue weighted by Crippen LogP contribution is 2.27. The molecule has 1 atom stereocenters. The summed E-state index contributed by atoms with van der Waals surface area (Å²) in [4.78, 5) is 15.0. The maximum absolute atomic E-state index is 13.2. The average Bonchev–Trinajstić information content (AvgIpc) is 2.62. The van der Waals surface area contributed by atoms with E-state index in [4.69, 9.17) is 4.74 Å². The van der Waals surface area contributed by atoms with E-state index in [0.717, 1.165) is 17.4 Å². The van der Waals surface area contributed by atoms with E-state index in [-0.39, 0.29) is 16.8 Å². The molecule has 0 saturated heterocycles. The second-order valence-electron chi connectivity index (χ2n) is 8.01. The van der Waals surface area contributed by atoms with Gasteiger partial charge in [0, 0.05) is 18.0 Å². The van der Waals surface area contributed by atoms with Crippen molar-refractivity contribution in [2.24, 2.45) is 0 Å². The fourth-order valence-electron chi connectivity index (χ4n) is 3.07. The lowest BCUT2D eigenvalue weighted by atomic mass is 10.0. The van der Waals surface area contributed by atoms with Crippen molar-refractivity contribution < 1.29 is 17.9 Å². The molecule has 158 valence electrons. The summed E-state index contributed by atoms with van der Waals surface area (Å²) in [5, 5.41) is 0. The van der Waals surface area contributed by atoms with Crippen LogP contribution in [0, 0.1) is 6.92 Å². The van der Waals surface area contributed by atoms with Gasteiger partial charge >= 0.3 is 0 Å². The van der Waals surface area contributed by atoms with Crippen LogP contribution in [-0.4, -0.2) is 32.7 Å². The zero-order valence-corrected chi connectivity index (χ0v) is 19.1. The number of hydrogen-bond donors (Lipinski definition) is 0. The Kier molecular flexibility index (Phi) is 7.11. The predicted octanol–water partition coefficient (Wildman–Crippen LogP) is 4.73. The summed E-state index contributed by atoms with van der Waals surface area (Å²) in [5.41, 5.74) is 2.77. The lowest BCUT2D eigenvalue weighted by Crippen LogP contribution is -2.44. The minimum Gasteiger partial charge on any atom is -0.481 e. The number of nitrogens with zero attached hydrogens (tertiary/aromatic N) is 1. The number of rotatable bonds is 7. The molecule has 0 saturated carbocycles. The fraction of sp³-hybridized carbons (Fsp3) is 0.435. The molecule has 6 heteroatoms. The summed E-state index contributed by atoms with van der Waals surface area (Å²) < 4.78 is 29.4. The predicted molar refractivity (Wildman–Crippen MR) is 118 cm³/mol. The highest BCUT2D eigenvalue weighted by Gasteiger charge is 2.26. The Morgan fingerprint density at radius 3 is 2.03 bits per heavy atom. The first-order chi connectivity index (χ1) is 13.4. The van der Waals surface area contributed by atoms with E-state index in [1.807, 2.05) is 32.9 Å². The van der Waals surface area contributed by atoms with Crippen molar-refractivity contribution in [2.75, 3.05) is 11.2 Å². The number of ether oxygens (including phenoxy) is 1. The first-order valence-electron chi connectivity index (χ1n) is 9.82. The van der Waals surface area contributed by atoms with Gasteiger partial charge in [-0.15, -0.1) is 0 Å². The maximum atomic E-state index is 13.2. The lowest BCUT2D eigenvalue weighted by Gasteiger charge is -2.30. The molecular formula is C23H31NO4S. The van der Waals surface area contributed by atoms with Crippen molar-refractivity contribution >= 4 is 21.4 Å². The Hall–Kier alpha value is -2.34. The summed E-state index contributed by atoms with van der Waals surface area (Å²) >= 11 is 0. The third-order valence-corrected chi connectivity index (χ3v) is 5.96. The Labute approximate surface area is 174 Å². The normalized spacial score (nSPS) is 12.9. The number of sulfone groups is 1. The number of aryl methyl sites for hydroxylation is 1. The van der Waals surface area contributed by atoms with Gasteiger partial charge in [-0.3, -0.25) is 4.79 Å². The molecule has 5 nitrogen and oxygen atoms in total. The molecule has 0 fully saturated rings. The van der Waals surface area contributed by atoms with Crippen molar-refractivity contribution in [3.05, 3.63) is 53.6 Å². The topological polar surface area (TPSA) is 63.7 Å². The number of benzene rings is 2. The number of hydrogen-bond acceptors (Lipinski definition) is 4. The third-order valence-electron chi connectivity index (χ3n) is 4.83. The van der Waals surface area contributed by atoms with Crippen LogP contribution in [0.4, 0.5) is 5.69 Å². The number of amides is 1. The van der Waals surface area contributed by atoms with Crippen LogP contribution in [0.1, 0.15) is 51.7 Å². The standard InChI is InChI=1S/C23H31NO4S/c1-15(2)19-9-8-17(5)22(14-19)28-18(6)23(25)24(16(3)4)20-10-12-21(13-11-20)29(7,26)27/h8-16,18H,1-7H3. The molecule has 0 aromatic heterocycles. The summed E-state index contributed by atoms with van der Waals surface area (Å²) in [5.74, 6) is 0.888. The molecule has 2 aromatic rings. The van der Waals surface area contributed by atoms with Crippen molar-refractivity contribution in [1.82, 2.24) is 0 Å². The van der Waals surface area contributed by atoms with E-state index in [2.05, 4.69) is 19.9 Å². The quantitative estimate of drug-likeness (QED) is 0.653. The van der Waals surface area contributed by atoms with E-state index in [1.54, 1.807) is 24.0 Å². The fourth-order valence-corrected chi connectivity index (χ4v) is 3.70. The monoisotopic (exact) mass is 417 g/mol. The van der Waals surface area contributed by atoms with Gasteiger partial charge < -0.3 is 9.64 Å². The van der Waals surface area contributed by atoms with Gasteiger partial charge in [-0.1, -0.05) is 26.0 Å². The first-order valence-corrected chi connectivity index (χ1v) is 11.7. The van der Waals surface area contributed by atoms with Crippen molar-refractivity contribution in [1.29, 1.82) is 0 Å². The molecule has 0 spiro atoms. The minimum atomic E-state index is -3.29.